The van der Waals surface area contributed by atoms with Gasteiger partial charge < -0.3 is 10.1 Å². The van der Waals surface area contributed by atoms with Crippen LogP contribution in [-0.2, 0) is 27.0 Å². The fraction of sp³-hybridized carbons (Fsp3) is 0.214. The van der Waals surface area contributed by atoms with E-state index in [1.165, 1.54) is 11.3 Å². The first-order chi connectivity index (χ1) is 17.9. The number of thiazole rings is 1. The molecular formula is C28H29N3O5S2. The van der Waals surface area contributed by atoms with Crippen LogP contribution in [0.25, 0.3) is 11.3 Å². The highest BCUT2D eigenvalue weighted by molar-refractivity contribution is 7.87. The summed E-state index contributed by atoms with van der Waals surface area (Å²) in [5.41, 5.74) is 1.73. The van der Waals surface area contributed by atoms with Crippen LogP contribution in [0.4, 0.5) is 10.5 Å². The number of carbonyl (C=O) groups excluding carboxylic acids is 1. The van der Waals surface area contributed by atoms with E-state index in [-0.39, 0.29) is 5.69 Å². The zero-order valence-corrected chi connectivity index (χ0v) is 22.8. The third-order valence-corrected chi connectivity index (χ3v) is 7.09. The quantitative estimate of drug-likeness (QED) is 0.230. The number of nitrogens with zero attached hydrogens (tertiary/aromatic N) is 1. The van der Waals surface area contributed by atoms with E-state index >= 15 is 0 Å². The van der Waals surface area contributed by atoms with Gasteiger partial charge in [-0.3, -0.25) is 9.27 Å². The lowest BCUT2D eigenvalue weighted by Crippen LogP contribution is -2.50. The van der Waals surface area contributed by atoms with E-state index in [0.717, 1.165) is 22.4 Å². The molecule has 10 heteroatoms. The van der Waals surface area contributed by atoms with Crippen LogP contribution in [0.1, 0.15) is 36.9 Å². The van der Waals surface area contributed by atoms with Gasteiger partial charge in [-0.15, -0.1) is 11.3 Å². The first-order valence-corrected chi connectivity index (χ1v) is 14.2. The second-order valence-corrected chi connectivity index (χ2v) is 11.8. The second-order valence-electron chi connectivity index (χ2n) is 9.75. The van der Waals surface area contributed by atoms with Crippen molar-refractivity contribution < 1.29 is 22.5 Å². The number of nitrogens with one attached hydrogen (secondary N) is 2. The summed E-state index contributed by atoms with van der Waals surface area (Å²) in [7, 11) is -4.40. The van der Waals surface area contributed by atoms with Gasteiger partial charge in [0, 0.05) is 17.4 Å². The molecule has 0 saturated carbocycles. The maximum atomic E-state index is 13.2. The summed E-state index contributed by atoms with van der Waals surface area (Å²) in [6.07, 6.45) is -0.299. The molecule has 3 aromatic carbocycles. The Kier molecular flexibility index (Phi) is 7.86. The molecule has 4 rings (SSSR count). The molecule has 3 N–H and O–H groups in total. The normalized spacial score (nSPS) is 13.4. The maximum absolute atomic E-state index is 13.2. The topological polar surface area (TPSA) is 118 Å². The molecular weight excluding hydrogens is 522 g/mol. The van der Waals surface area contributed by atoms with Crippen LogP contribution in [0.2, 0.25) is 0 Å². The SMILES string of the molecule is CC(C)(C)OC(=O)N[C@@](Cc1ccc(NS(=O)(=O)O)cc1)(c1ccccc1)c1nc(-c2ccccc2)cs1. The van der Waals surface area contributed by atoms with Gasteiger partial charge in [-0.2, -0.15) is 8.42 Å². The molecule has 0 spiro atoms. The number of anilines is 1. The predicted molar refractivity (Wildman–Crippen MR) is 149 cm³/mol. The Morgan fingerprint density at radius 2 is 1.55 bits per heavy atom. The Hall–Kier alpha value is -3.73. The fourth-order valence-electron chi connectivity index (χ4n) is 4.03. The average Bonchev–Trinajstić information content (AvgIpc) is 3.35. The minimum atomic E-state index is -4.40. The van der Waals surface area contributed by atoms with Crippen LogP contribution in [0.3, 0.4) is 0 Å². The molecule has 38 heavy (non-hydrogen) atoms. The molecule has 0 fully saturated rings. The minimum Gasteiger partial charge on any atom is -0.444 e. The molecule has 0 saturated heterocycles. The number of alkyl carbamates (subject to hydrolysis) is 1. The van der Waals surface area contributed by atoms with E-state index in [2.05, 4.69) is 5.32 Å². The third kappa shape index (κ3) is 6.97. The Labute approximate surface area is 226 Å². The maximum Gasteiger partial charge on any atom is 0.408 e. The summed E-state index contributed by atoms with van der Waals surface area (Å²) in [5, 5.41) is 5.74. The molecule has 1 atom stereocenters. The smallest absolute Gasteiger partial charge is 0.408 e. The van der Waals surface area contributed by atoms with Crippen molar-refractivity contribution in [3.63, 3.8) is 0 Å². The van der Waals surface area contributed by atoms with Crippen molar-refractivity contribution >= 4 is 33.4 Å². The molecule has 4 aromatic rings. The van der Waals surface area contributed by atoms with Crippen LogP contribution in [-0.4, -0.2) is 29.6 Å². The van der Waals surface area contributed by atoms with Crippen LogP contribution < -0.4 is 10.0 Å². The van der Waals surface area contributed by atoms with Crippen LogP contribution in [0, 0.1) is 0 Å². The van der Waals surface area contributed by atoms with E-state index in [1.54, 1.807) is 45.0 Å². The lowest BCUT2D eigenvalue weighted by atomic mass is 9.84. The Morgan fingerprint density at radius 3 is 2.13 bits per heavy atom. The van der Waals surface area contributed by atoms with Crippen molar-refractivity contribution in [1.82, 2.24) is 10.3 Å². The number of ether oxygens (including phenoxy) is 1. The summed E-state index contributed by atoms with van der Waals surface area (Å²) in [6.45, 7) is 5.40. The molecule has 0 aliphatic heterocycles. The molecule has 198 valence electrons. The molecule has 0 unspecified atom stereocenters. The standard InChI is InChI=1S/C28H29N3O5S2/c1-27(2,3)36-26(32)30-28(22-12-8-5-9-13-22,18-20-14-16-23(17-15-20)31-38(33,34)35)25-29-24(19-37-25)21-10-6-4-7-11-21/h4-17,19,31H,18H2,1-3H3,(H,30,32)(H,33,34,35)/t28-/m0/s1. The van der Waals surface area contributed by atoms with Crippen molar-refractivity contribution in [2.45, 2.75) is 38.3 Å². The zero-order chi connectivity index (χ0) is 27.4. The van der Waals surface area contributed by atoms with Crippen LogP contribution >= 0.6 is 11.3 Å². The van der Waals surface area contributed by atoms with Gasteiger partial charge in [0.25, 0.3) is 0 Å². The number of amides is 1. The van der Waals surface area contributed by atoms with Gasteiger partial charge in [0.2, 0.25) is 0 Å². The van der Waals surface area contributed by atoms with E-state index in [0.29, 0.717) is 11.4 Å². The van der Waals surface area contributed by atoms with Gasteiger partial charge in [0.1, 0.15) is 16.1 Å². The van der Waals surface area contributed by atoms with E-state index in [9.17, 15) is 13.2 Å². The van der Waals surface area contributed by atoms with Gasteiger partial charge in [-0.1, -0.05) is 72.8 Å². The van der Waals surface area contributed by atoms with Crippen LogP contribution in [0.15, 0.2) is 90.3 Å². The second kappa shape index (κ2) is 10.9. The van der Waals surface area contributed by atoms with E-state index < -0.39 is 27.5 Å². The lowest BCUT2D eigenvalue weighted by molar-refractivity contribution is 0.0471. The number of benzene rings is 3. The van der Waals surface area contributed by atoms with E-state index in [1.807, 2.05) is 70.8 Å². The molecule has 0 radical (unpaired) electrons. The molecule has 0 aliphatic carbocycles. The van der Waals surface area contributed by atoms with E-state index in [4.69, 9.17) is 14.3 Å². The van der Waals surface area contributed by atoms with Gasteiger partial charge in [-0.25, -0.2) is 9.78 Å². The van der Waals surface area contributed by atoms with Gasteiger partial charge >= 0.3 is 16.4 Å². The third-order valence-electron chi connectivity index (χ3n) is 5.59. The highest BCUT2D eigenvalue weighted by atomic mass is 32.2. The number of rotatable bonds is 8. The highest BCUT2D eigenvalue weighted by Crippen LogP contribution is 2.38. The Morgan fingerprint density at radius 1 is 0.947 bits per heavy atom. The largest absolute Gasteiger partial charge is 0.444 e. The fourth-order valence-corrected chi connectivity index (χ4v) is 5.47. The molecule has 0 aliphatic rings. The molecule has 1 heterocycles. The van der Waals surface area contributed by atoms with Crippen molar-refractivity contribution in [3.05, 3.63) is 106 Å². The first-order valence-electron chi connectivity index (χ1n) is 11.9. The van der Waals surface area contributed by atoms with Crippen molar-refractivity contribution in [2.24, 2.45) is 0 Å². The minimum absolute atomic E-state index is 0.210. The summed E-state index contributed by atoms with van der Waals surface area (Å²) < 4.78 is 39.2. The van der Waals surface area contributed by atoms with Gasteiger partial charge in [0.05, 0.1) is 11.4 Å². The average molecular weight is 552 g/mol. The summed E-state index contributed by atoms with van der Waals surface area (Å²) in [4.78, 5) is 18.2. The molecule has 1 amide bonds. The molecule has 1 aromatic heterocycles. The van der Waals surface area contributed by atoms with Crippen molar-refractivity contribution in [2.75, 3.05) is 4.72 Å². The van der Waals surface area contributed by atoms with Gasteiger partial charge in [-0.05, 0) is 44.0 Å². The first kappa shape index (κ1) is 27.3. The summed E-state index contributed by atoms with van der Waals surface area (Å²) in [6, 6.07) is 25.9. The van der Waals surface area contributed by atoms with Crippen LogP contribution in [0.5, 0.6) is 0 Å². The Balaban J connectivity index is 1.82. The van der Waals surface area contributed by atoms with Gasteiger partial charge in [0.15, 0.2) is 0 Å². The highest BCUT2D eigenvalue weighted by Gasteiger charge is 2.40. The monoisotopic (exact) mass is 551 g/mol. The number of hydrogen-bond acceptors (Lipinski definition) is 6. The predicted octanol–water partition coefficient (Wildman–Crippen LogP) is 6.04. The van der Waals surface area contributed by atoms with Crippen molar-refractivity contribution in [1.29, 1.82) is 0 Å². The zero-order valence-electron chi connectivity index (χ0n) is 21.2. The molecule has 8 nitrogen and oxygen atoms in total. The number of carbonyl (C=O) groups is 1. The Bertz CT molecular complexity index is 1480. The van der Waals surface area contributed by atoms with Crippen molar-refractivity contribution in [3.8, 4) is 11.3 Å². The summed E-state index contributed by atoms with van der Waals surface area (Å²) in [5.74, 6) is 0. The number of hydrogen-bond donors (Lipinski definition) is 3. The summed E-state index contributed by atoms with van der Waals surface area (Å²) >= 11 is 1.43. The lowest BCUT2D eigenvalue weighted by Gasteiger charge is -2.35. The number of aromatic nitrogens is 1. The molecule has 0 bridgehead atoms.